The van der Waals surface area contributed by atoms with Crippen LogP contribution >= 0.6 is 11.3 Å². The van der Waals surface area contributed by atoms with Gasteiger partial charge in [0.1, 0.15) is 11.4 Å². The first kappa shape index (κ1) is 21.9. The van der Waals surface area contributed by atoms with Crippen LogP contribution in [0.15, 0.2) is 95.9 Å². The third-order valence-corrected chi connectivity index (χ3v) is 6.80. The van der Waals surface area contributed by atoms with Crippen LogP contribution in [0.2, 0.25) is 0 Å². The number of aromatic nitrogens is 5. The van der Waals surface area contributed by atoms with Crippen LogP contribution in [-0.4, -0.2) is 31.5 Å². The summed E-state index contributed by atoms with van der Waals surface area (Å²) in [6.07, 6.45) is 4.39. The van der Waals surface area contributed by atoms with Gasteiger partial charge in [-0.25, -0.2) is 9.67 Å². The number of nitrogens with zero attached hydrogens (tertiary/aromatic N) is 5. The van der Waals surface area contributed by atoms with E-state index in [-0.39, 0.29) is 5.56 Å². The molecule has 0 aliphatic rings. The van der Waals surface area contributed by atoms with Crippen LogP contribution in [0, 0.1) is 0 Å². The first-order chi connectivity index (χ1) is 17.7. The molecule has 0 atom stereocenters. The minimum atomic E-state index is -0.185. The van der Waals surface area contributed by atoms with Crippen LogP contribution in [0.1, 0.15) is 17.0 Å². The van der Waals surface area contributed by atoms with Crippen molar-refractivity contribution in [3.63, 3.8) is 0 Å². The third-order valence-electron chi connectivity index (χ3n) is 5.84. The van der Waals surface area contributed by atoms with Gasteiger partial charge in [0.05, 0.1) is 17.3 Å². The Bertz CT molecular complexity index is 1750. The third kappa shape index (κ3) is 4.18. The number of thiazole rings is 1. The van der Waals surface area contributed by atoms with E-state index < -0.39 is 0 Å². The SMILES string of the molecule is COc1ccc(-c2nn(-c3ccccc3)cc2/C=c2\sc3nc(Cc4ccccc4)nn3c2=O)cc1. The molecule has 0 aliphatic carbocycles. The Morgan fingerprint density at radius 2 is 1.64 bits per heavy atom. The molecule has 0 aliphatic heterocycles. The van der Waals surface area contributed by atoms with E-state index in [1.165, 1.54) is 15.9 Å². The highest BCUT2D eigenvalue weighted by Gasteiger charge is 2.14. The largest absolute Gasteiger partial charge is 0.497 e. The molecule has 0 N–H and O–H groups in total. The Morgan fingerprint density at radius 1 is 0.917 bits per heavy atom. The van der Waals surface area contributed by atoms with Crippen LogP contribution < -0.4 is 14.8 Å². The van der Waals surface area contributed by atoms with Gasteiger partial charge in [0.2, 0.25) is 4.96 Å². The van der Waals surface area contributed by atoms with E-state index in [0.29, 0.717) is 21.7 Å². The Labute approximate surface area is 210 Å². The summed E-state index contributed by atoms with van der Waals surface area (Å²) in [5.41, 5.74) is 4.37. The van der Waals surface area contributed by atoms with Gasteiger partial charge in [-0.05, 0) is 48.0 Å². The number of para-hydroxylation sites is 1. The molecule has 36 heavy (non-hydrogen) atoms. The topological polar surface area (TPSA) is 74.3 Å². The molecule has 3 aromatic heterocycles. The molecule has 0 spiro atoms. The zero-order valence-corrected chi connectivity index (χ0v) is 20.2. The predicted molar refractivity (Wildman–Crippen MR) is 141 cm³/mol. The standard InChI is InChI=1S/C28H21N5O2S/c1-35-23-14-12-20(13-15-23)26-21(18-32(31-26)22-10-6-3-7-11-22)17-24-27(34)33-28(36-24)29-25(30-33)16-19-8-4-2-5-9-19/h2-15,17-18H,16H2,1H3/b24-17-. The molecule has 0 fully saturated rings. The summed E-state index contributed by atoms with van der Waals surface area (Å²) >= 11 is 1.33. The molecule has 7 nitrogen and oxygen atoms in total. The molecule has 0 radical (unpaired) electrons. The molecule has 0 bridgehead atoms. The minimum absolute atomic E-state index is 0.185. The van der Waals surface area contributed by atoms with Crippen molar-refractivity contribution >= 4 is 22.4 Å². The second-order valence-corrected chi connectivity index (χ2v) is 9.25. The van der Waals surface area contributed by atoms with Crippen molar-refractivity contribution in [1.82, 2.24) is 24.4 Å². The zero-order chi connectivity index (χ0) is 24.5. The van der Waals surface area contributed by atoms with Crippen LogP contribution in [0.4, 0.5) is 0 Å². The maximum atomic E-state index is 13.2. The zero-order valence-electron chi connectivity index (χ0n) is 19.4. The fraction of sp³-hybridized carbons (Fsp3) is 0.0714. The monoisotopic (exact) mass is 491 g/mol. The normalized spacial score (nSPS) is 11.9. The molecule has 6 aromatic rings. The second kappa shape index (κ2) is 9.24. The highest BCUT2D eigenvalue weighted by molar-refractivity contribution is 7.15. The van der Waals surface area contributed by atoms with Crippen molar-refractivity contribution in [3.8, 4) is 22.7 Å². The van der Waals surface area contributed by atoms with Crippen LogP contribution in [-0.2, 0) is 6.42 Å². The Balaban J connectivity index is 1.43. The highest BCUT2D eigenvalue weighted by Crippen LogP contribution is 2.26. The van der Waals surface area contributed by atoms with E-state index in [1.807, 2.05) is 102 Å². The molecule has 6 rings (SSSR count). The molecule has 0 saturated carbocycles. The summed E-state index contributed by atoms with van der Waals surface area (Å²) in [7, 11) is 1.64. The molecular weight excluding hydrogens is 470 g/mol. The van der Waals surface area contributed by atoms with E-state index in [1.54, 1.807) is 7.11 Å². The number of ether oxygens (including phenoxy) is 1. The summed E-state index contributed by atoms with van der Waals surface area (Å²) in [5, 5.41) is 9.31. The van der Waals surface area contributed by atoms with Crippen molar-refractivity contribution < 1.29 is 4.74 Å². The lowest BCUT2D eigenvalue weighted by Gasteiger charge is -2.02. The van der Waals surface area contributed by atoms with Crippen LogP contribution in [0.5, 0.6) is 5.75 Å². The van der Waals surface area contributed by atoms with E-state index in [0.717, 1.165) is 33.8 Å². The molecule has 3 heterocycles. The average molecular weight is 492 g/mol. The number of fused-ring (bicyclic) bond motifs is 1. The first-order valence-corrected chi connectivity index (χ1v) is 12.2. The average Bonchev–Trinajstić information content (AvgIpc) is 3.60. The molecule has 0 unspecified atom stereocenters. The molecule has 3 aromatic carbocycles. The van der Waals surface area contributed by atoms with Crippen LogP contribution in [0.25, 0.3) is 28.0 Å². The molecule has 176 valence electrons. The van der Waals surface area contributed by atoms with E-state index in [9.17, 15) is 4.79 Å². The van der Waals surface area contributed by atoms with Gasteiger partial charge < -0.3 is 4.74 Å². The summed E-state index contributed by atoms with van der Waals surface area (Å²) < 4.78 is 9.07. The van der Waals surface area contributed by atoms with Gasteiger partial charge >= 0.3 is 0 Å². The van der Waals surface area contributed by atoms with E-state index in [4.69, 9.17) is 9.84 Å². The summed E-state index contributed by atoms with van der Waals surface area (Å²) in [6, 6.07) is 27.6. The fourth-order valence-electron chi connectivity index (χ4n) is 4.05. The molecular formula is C28H21N5O2S. The number of rotatable bonds is 6. The molecule has 8 heteroatoms. The number of benzene rings is 3. The Hall–Kier alpha value is -4.56. The quantitative estimate of drug-likeness (QED) is 0.350. The number of methoxy groups -OCH3 is 1. The van der Waals surface area contributed by atoms with Gasteiger partial charge in [0, 0.05) is 23.7 Å². The van der Waals surface area contributed by atoms with Crippen molar-refractivity contribution in [1.29, 1.82) is 0 Å². The van der Waals surface area contributed by atoms with Crippen molar-refractivity contribution in [2.75, 3.05) is 7.11 Å². The minimum Gasteiger partial charge on any atom is -0.497 e. The first-order valence-electron chi connectivity index (χ1n) is 11.4. The van der Waals surface area contributed by atoms with Gasteiger partial charge in [0.25, 0.3) is 5.56 Å². The van der Waals surface area contributed by atoms with E-state index in [2.05, 4.69) is 10.1 Å². The lowest BCUT2D eigenvalue weighted by molar-refractivity contribution is 0.415. The second-order valence-electron chi connectivity index (χ2n) is 8.24. The van der Waals surface area contributed by atoms with Gasteiger partial charge in [0.15, 0.2) is 5.82 Å². The lowest BCUT2D eigenvalue weighted by Crippen LogP contribution is -2.23. The predicted octanol–water partition coefficient (Wildman–Crippen LogP) is 4.15. The van der Waals surface area contributed by atoms with Gasteiger partial charge in [-0.15, -0.1) is 5.10 Å². The van der Waals surface area contributed by atoms with Gasteiger partial charge in [-0.3, -0.25) is 4.79 Å². The van der Waals surface area contributed by atoms with Crippen LogP contribution in [0.3, 0.4) is 0 Å². The fourth-order valence-corrected chi connectivity index (χ4v) is 4.97. The Kier molecular flexibility index (Phi) is 5.63. The summed E-state index contributed by atoms with van der Waals surface area (Å²) in [5.74, 6) is 1.40. The van der Waals surface area contributed by atoms with Gasteiger partial charge in [-0.1, -0.05) is 59.9 Å². The molecule has 0 amide bonds. The number of hydrogen-bond acceptors (Lipinski definition) is 6. The lowest BCUT2D eigenvalue weighted by atomic mass is 10.1. The highest BCUT2D eigenvalue weighted by atomic mass is 32.1. The van der Waals surface area contributed by atoms with Crippen molar-refractivity contribution in [2.45, 2.75) is 6.42 Å². The summed E-state index contributed by atoms with van der Waals surface area (Å²) in [4.78, 5) is 18.4. The maximum Gasteiger partial charge on any atom is 0.291 e. The van der Waals surface area contributed by atoms with Gasteiger partial charge in [-0.2, -0.15) is 9.61 Å². The van der Waals surface area contributed by atoms with Crippen molar-refractivity contribution in [3.05, 3.63) is 123 Å². The smallest absolute Gasteiger partial charge is 0.291 e. The maximum absolute atomic E-state index is 13.2. The van der Waals surface area contributed by atoms with E-state index >= 15 is 0 Å². The number of hydrogen-bond donors (Lipinski definition) is 0. The summed E-state index contributed by atoms with van der Waals surface area (Å²) in [6.45, 7) is 0. The Morgan fingerprint density at radius 3 is 2.33 bits per heavy atom. The molecule has 0 saturated heterocycles. The van der Waals surface area contributed by atoms with Crippen molar-refractivity contribution in [2.24, 2.45) is 0 Å².